The first-order valence-corrected chi connectivity index (χ1v) is 8.57. The van der Waals surface area contributed by atoms with Crippen molar-refractivity contribution in [2.75, 3.05) is 13.2 Å². The number of imide groups is 1. The van der Waals surface area contributed by atoms with E-state index in [1.54, 1.807) is 13.0 Å². The first-order chi connectivity index (χ1) is 12.8. The number of rotatable bonds is 6. The van der Waals surface area contributed by atoms with Crippen LogP contribution < -0.4 is 10.1 Å². The highest BCUT2D eigenvalue weighted by atomic mass is 19.1. The molecule has 1 fully saturated rings. The SMILES string of the molecule is Cc1cccc(OC[C@@H](O)CN2C(=O)N[C@@](C)(c3ccc(F)cc3)C2=O)c1. The molecule has 1 aliphatic rings. The van der Waals surface area contributed by atoms with E-state index in [9.17, 15) is 19.1 Å². The van der Waals surface area contributed by atoms with Crippen LogP contribution in [0.1, 0.15) is 18.1 Å². The summed E-state index contributed by atoms with van der Waals surface area (Å²) in [7, 11) is 0. The number of ether oxygens (including phenoxy) is 1. The number of aliphatic hydroxyl groups excluding tert-OH is 1. The number of halogens is 1. The standard InChI is InChI=1S/C20H21FN2O4/c1-13-4-3-5-17(10-13)27-12-16(24)11-23-18(25)20(2,22-19(23)26)14-6-8-15(21)9-7-14/h3-10,16,24H,11-12H2,1-2H3,(H,22,26)/t16-,20-/m0/s1. The number of amides is 3. The Kier molecular flexibility index (Phi) is 5.14. The molecular weight excluding hydrogens is 351 g/mol. The summed E-state index contributed by atoms with van der Waals surface area (Å²) >= 11 is 0. The molecule has 1 heterocycles. The molecule has 2 aromatic rings. The van der Waals surface area contributed by atoms with Crippen molar-refractivity contribution in [2.45, 2.75) is 25.5 Å². The fourth-order valence-electron chi connectivity index (χ4n) is 3.00. The number of aliphatic hydroxyl groups is 1. The van der Waals surface area contributed by atoms with Crippen molar-refractivity contribution in [2.24, 2.45) is 0 Å². The van der Waals surface area contributed by atoms with Crippen molar-refractivity contribution in [1.82, 2.24) is 10.2 Å². The lowest BCUT2D eigenvalue weighted by Crippen LogP contribution is -2.42. The van der Waals surface area contributed by atoms with Crippen LogP contribution in [0.4, 0.5) is 9.18 Å². The minimum Gasteiger partial charge on any atom is -0.491 e. The molecule has 2 N–H and O–H groups in total. The Morgan fingerprint density at radius 2 is 1.93 bits per heavy atom. The number of urea groups is 1. The topological polar surface area (TPSA) is 78.9 Å². The van der Waals surface area contributed by atoms with E-state index in [-0.39, 0.29) is 13.2 Å². The molecule has 2 aromatic carbocycles. The van der Waals surface area contributed by atoms with Crippen molar-refractivity contribution in [1.29, 1.82) is 0 Å². The van der Waals surface area contributed by atoms with Gasteiger partial charge in [-0.2, -0.15) is 0 Å². The third-order valence-electron chi connectivity index (χ3n) is 4.52. The maximum Gasteiger partial charge on any atom is 0.325 e. The monoisotopic (exact) mass is 372 g/mol. The third kappa shape index (κ3) is 3.93. The van der Waals surface area contributed by atoms with Crippen LogP contribution in [0.15, 0.2) is 48.5 Å². The van der Waals surface area contributed by atoms with Crippen LogP contribution in [-0.2, 0) is 10.3 Å². The number of aryl methyl sites for hydroxylation is 1. The second-order valence-corrected chi connectivity index (χ2v) is 6.76. The zero-order chi connectivity index (χ0) is 19.6. The summed E-state index contributed by atoms with van der Waals surface area (Å²) in [5, 5.41) is 12.8. The second kappa shape index (κ2) is 7.36. The number of benzene rings is 2. The van der Waals surface area contributed by atoms with Crippen LogP contribution >= 0.6 is 0 Å². The van der Waals surface area contributed by atoms with Crippen LogP contribution in [0.2, 0.25) is 0 Å². The Bertz CT molecular complexity index is 855. The molecule has 0 radical (unpaired) electrons. The smallest absolute Gasteiger partial charge is 0.325 e. The van der Waals surface area contributed by atoms with Crippen molar-refractivity contribution < 1.29 is 23.8 Å². The van der Waals surface area contributed by atoms with Gasteiger partial charge in [-0.1, -0.05) is 24.3 Å². The molecule has 6 nitrogen and oxygen atoms in total. The summed E-state index contributed by atoms with van der Waals surface area (Å²) in [6, 6.07) is 12.1. The van der Waals surface area contributed by atoms with Crippen LogP contribution in [0, 0.1) is 12.7 Å². The Morgan fingerprint density at radius 3 is 2.59 bits per heavy atom. The lowest BCUT2D eigenvalue weighted by atomic mass is 9.92. The molecule has 27 heavy (non-hydrogen) atoms. The summed E-state index contributed by atoms with van der Waals surface area (Å²) in [4.78, 5) is 26.0. The summed E-state index contributed by atoms with van der Waals surface area (Å²) in [5.41, 5.74) is 0.184. The van der Waals surface area contributed by atoms with Gasteiger partial charge in [-0.25, -0.2) is 9.18 Å². The van der Waals surface area contributed by atoms with Gasteiger partial charge in [0, 0.05) is 0 Å². The quantitative estimate of drug-likeness (QED) is 0.763. The number of carbonyl (C=O) groups excluding carboxylic acids is 2. The summed E-state index contributed by atoms with van der Waals surface area (Å²) < 4.78 is 18.7. The number of β-amino-alcohol motifs (C(OH)–C–C–N with tert-alkyl or cyclic N) is 1. The fourth-order valence-corrected chi connectivity index (χ4v) is 3.00. The molecule has 3 rings (SSSR count). The molecule has 0 saturated carbocycles. The fraction of sp³-hybridized carbons (Fsp3) is 0.300. The Balaban J connectivity index is 1.65. The Labute approximate surface area is 156 Å². The minimum absolute atomic E-state index is 0.0617. The van der Waals surface area contributed by atoms with Crippen LogP contribution in [0.5, 0.6) is 5.75 Å². The van der Waals surface area contributed by atoms with Gasteiger partial charge in [0.1, 0.15) is 29.8 Å². The van der Waals surface area contributed by atoms with Crippen LogP contribution in [-0.4, -0.2) is 41.2 Å². The van der Waals surface area contributed by atoms with Gasteiger partial charge in [0.05, 0.1) is 6.54 Å². The first kappa shape index (κ1) is 18.8. The van der Waals surface area contributed by atoms with Gasteiger partial charge in [-0.15, -0.1) is 0 Å². The third-order valence-corrected chi connectivity index (χ3v) is 4.52. The van der Waals surface area contributed by atoms with E-state index >= 15 is 0 Å². The maximum atomic E-state index is 13.1. The molecule has 1 saturated heterocycles. The molecule has 142 valence electrons. The van der Waals surface area contributed by atoms with Gasteiger partial charge in [0.15, 0.2) is 0 Å². The highest BCUT2D eigenvalue weighted by Crippen LogP contribution is 2.29. The van der Waals surface area contributed by atoms with Crippen molar-refractivity contribution in [3.8, 4) is 5.75 Å². The predicted octanol–water partition coefficient (Wildman–Crippen LogP) is 2.34. The van der Waals surface area contributed by atoms with E-state index < -0.39 is 29.4 Å². The molecule has 0 spiro atoms. The van der Waals surface area contributed by atoms with Gasteiger partial charge < -0.3 is 15.2 Å². The maximum absolute atomic E-state index is 13.1. The van der Waals surface area contributed by atoms with Crippen molar-refractivity contribution in [3.63, 3.8) is 0 Å². The molecule has 3 amide bonds. The summed E-state index contributed by atoms with van der Waals surface area (Å²) in [6.07, 6.45) is -1.05. The van der Waals surface area contributed by atoms with Gasteiger partial charge in [0.25, 0.3) is 5.91 Å². The van der Waals surface area contributed by atoms with Crippen molar-refractivity contribution >= 4 is 11.9 Å². The van der Waals surface area contributed by atoms with E-state index in [0.29, 0.717) is 11.3 Å². The number of hydrogen-bond donors (Lipinski definition) is 2. The Hall–Kier alpha value is -2.93. The van der Waals surface area contributed by atoms with E-state index in [1.807, 2.05) is 25.1 Å². The van der Waals surface area contributed by atoms with Gasteiger partial charge in [0.2, 0.25) is 0 Å². The zero-order valence-corrected chi connectivity index (χ0v) is 15.1. The lowest BCUT2D eigenvalue weighted by molar-refractivity contribution is -0.132. The van der Waals surface area contributed by atoms with Crippen molar-refractivity contribution in [3.05, 3.63) is 65.5 Å². The molecule has 0 aromatic heterocycles. The molecule has 0 unspecified atom stereocenters. The van der Waals surface area contributed by atoms with Gasteiger partial charge in [-0.05, 0) is 49.2 Å². The molecule has 0 bridgehead atoms. The molecule has 2 atom stereocenters. The zero-order valence-electron chi connectivity index (χ0n) is 15.1. The van der Waals surface area contributed by atoms with Crippen LogP contribution in [0.25, 0.3) is 0 Å². The summed E-state index contributed by atoms with van der Waals surface area (Å²) in [6.45, 7) is 3.21. The average Bonchev–Trinajstić information content (AvgIpc) is 2.85. The largest absolute Gasteiger partial charge is 0.491 e. The van der Waals surface area contributed by atoms with E-state index in [0.717, 1.165) is 10.5 Å². The summed E-state index contributed by atoms with van der Waals surface area (Å²) in [5.74, 6) is -0.337. The van der Waals surface area contributed by atoms with E-state index in [4.69, 9.17) is 4.74 Å². The number of nitrogens with one attached hydrogen (secondary N) is 1. The Morgan fingerprint density at radius 1 is 1.22 bits per heavy atom. The van der Waals surface area contributed by atoms with Crippen LogP contribution in [0.3, 0.4) is 0 Å². The number of hydrogen-bond acceptors (Lipinski definition) is 4. The predicted molar refractivity (Wildman–Crippen MR) is 96.7 cm³/mol. The van der Waals surface area contributed by atoms with E-state index in [2.05, 4.69) is 5.32 Å². The molecule has 1 aliphatic heterocycles. The minimum atomic E-state index is -1.30. The van der Waals surface area contributed by atoms with Gasteiger partial charge in [-0.3, -0.25) is 9.69 Å². The van der Waals surface area contributed by atoms with E-state index in [1.165, 1.54) is 24.3 Å². The lowest BCUT2D eigenvalue weighted by Gasteiger charge is -2.23. The highest BCUT2D eigenvalue weighted by Gasteiger charge is 2.49. The number of nitrogens with zero attached hydrogens (tertiary/aromatic N) is 1. The molecule has 7 heteroatoms. The number of carbonyl (C=O) groups is 2. The highest BCUT2D eigenvalue weighted by molar-refractivity contribution is 6.07. The molecular formula is C20H21FN2O4. The first-order valence-electron chi connectivity index (χ1n) is 8.57. The average molecular weight is 372 g/mol. The molecule has 0 aliphatic carbocycles. The normalized spacial score (nSPS) is 20.5. The van der Waals surface area contributed by atoms with Gasteiger partial charge >= 0.3 is 6.03 Å². The second-order valence-electron chi connectivity index (χ2n) is 6.76.